The lowest BCUT2D eigenvalue weighted by Crippen LogP contribution is -2.60. The Kier molecular flexibility index (Phi) is 3.72. The second kappa shape index (κ2) is 4.76. The SMILES string of the molecule is CC(C)(C)OC(=O)CC1[C@@H]2C[C@H]1CN(C(C)(C)C)C2. The van der Waals surface area contributed by atoms with Crippen LogP contribution in [0.15, 0.2) is 0 Å². The van der Waals surface area contributed by atoms with E-state index in [1.54, 1.807) is 0 Å². The van der Waals surface area contributed by atoms with Crippen molar-refractivity contribution in [3.05, 3.63) is 0 Å². The molecule has 0 aromatic rings. The minimum Gasteiger partial charge on any atom is -0.460 e. The zero-order valence-corrected chi connectivity index (χ0v) is 13.3. The third kappa shape index (κ3) is 3.50. The third-order valence-electron chi connectivity index (χ3n) is 4.50. The molecular weight excluding hydrogens is 238 g/mol. The number of carbonyl (C=O) groups excluding carboxylic acids is 1. The maximum Gasteiger partial charge on any atom is 0.306 e. The molecule has 3 fully saturated rings. The molecule has 1 aliphatic carbocycles. The van der Waals surface area contributed by atoms with E-state index < -0.39 is 0 Å². The summed E-state index contributed by atoms with van der Waals surface area (Å²) in [4.78, 5) is 14.5. The van der Waals surface area contributed by atoms with Crippen LogP contribution in [0, 0.1) is 17.8 Å². The van der Waals surface area contributed by atoms with Crippen molar-refractivity contribution in [2.24, 2.45) is 17.8 Å². The van der Waals surface area contributed by atoms with Crippen LogP contribution in [0.4, 0.5) is 0 Å². The first-order valence-electron chi connectivity index (χ1n) is 7.53. The smallest absolute Gasteiger partial charge is 0.306 e. The topological polar surface area (TPSA) is 29.5 Å². The van der Waals surface area contributed by atoms with E-state index in [9.17, 15) is 4.79 Å². The van der Waals surface area contributed by atoms with E-state index in [-0.39, 0.29) is 17.1 Å². The van der Waals surface area contributed by atoms with Gasteiger partial charge in [0.25, 0.3) is 0 Å². The van der Waals surface area contributed by atoms with Gasteiger partial charge in [0.15, 0.2) is 0 Å². The van der Waals surface area contributed by atoms with Crippen LogP contribution in [0.25, 0.3) is 0 Å². The predicted octanol–water partition coefficient (Wildman–Crippen LogP) is 3.08. The number of carbonyl (C=O) groups is 1. The van der Waals surface area contributed by atoms with Crippen LogP contribution < -0.4 is 0 Å². The van der Waals surface area contributed by atoms with Gasteiger partial charge in [0.05, 0.1) is 0 Å². The van der Waals surface area contributed by atoms with Crippen LogP contribution in [0.1, 0.15) is 54.4 Å². The average Bonchev–Trinajstić information content (AvgIpc) is 2.22. The van der Waals surface area contributed by atoms with E-state index in [2.05, 4.69) is 25.7 Å². The summed E-state index contributed by atoms with van der Waals surface area (Å²) in [5.41, 5.74) is -0.0960. The first kappa shape index (κ1) is 14.8. The lowest BCUT2D eigenvalue weighted by atomic mass is 9.60. The Morgan fingerprint density at radius 2 is 1.63 bits per heavy atom. The van der Waals surface area contributed by atoms with Gasteiger partial charge in [0, 0.05) is 25.0 Å². The highest BCUT2D eigenvalue weighted by molar-refractivity contribution is 5.70. The molecule has 2 bridgehead atoms. The summed E-state index contributed by atoms with van der Waals surface area (Å²) in [5, 5.41) is 0. The fraction of sp³-hybridized carbons (Fsp3) is 0.938. The second-order valence-electron chi connectivity index (χ2n) is 8.29. The maximum atomic E-state index is 11.9. The molecule has 1 saturated carbocycles. The van der Waals surface area contributed by atoms with E-state index in [0.717, 1.165) is 13.1 Å². The standard InChI is InChI=1S/C16H29NO2/c1-15(2,3)17-9-11-7-12(10-17)13(11)8-14(18)19-16(4,5)6/h11-13H,7-10H2,1-6H3/t11-,12+,13?. The molecule has 0 radical (unpaired) electrons. The lowest BCUT2D eigenvalue weighted by molar-refractivity contribution is -0.162. The fourth-order valence-corrected chi connectivity index (χ4v) is 3.44. The predicted molar refractivity (Wildman–Crippen MR) is 76.9 cm³/mol. The number of rotatable bonds is 2. The first-order valence-corrected chi connectivity index (χ1v) is 7.53. The molecule has 2 saturated heterocycles. The van der Waals surface area contributed by atoms with Crippen molar-refractivity contribution in [2.75, 3.05) is 13.1 Å². The van der Waals surface area contributed by atoms with Gasteiger partial charge in [0.1, 0.15) is 5.60 Å². The Bertz CT molecular complexity index is 339. The zero-order chi connectivity index (χ0) is 14.4. The largest absolute Gasteiger partial charge is 0.460 e. The Balaban J connectivity index is 1.85. The molecule has 2 aliphatic heterocycles. The number of hydrogen-bond acceptors (Lipinski definition) is 3. The van der Waals surface area contributed by atoms with E-state index in [1.807, 2.05) is 20.8 Å². The van der Waals surface area contributed by atoms with E-state index >= 15 is 0 Å². The molecule has 0 spiro atoms. The summed E-state index contributed by atoms with van der Waals surface area (Å²) in [6.07, 6.45) is 1.92. The van der Waals surface area contributed by atoms with Gasteiger partial charge in [-0.15, -0.1) is 0 Å². The summed E-state index contributed by atoms with van der Waals surface area (Å²) in [6.45, 7) is 14.9. The number of nitrogens with zero attached hydrogens (tertiary/aromatic N) is 1. The highest BCUT2D eigenvalue weighted by atomic mass is 16.6. The molecule has 3 nitrogen and oxygen atoms in total. The number of piperidine rings is 2. The van der Waals surface area contributed by atoms with Gasteiger partial charge in [0.2, 0.25) is 0 Å². The van der Waals surface area contributed by atoms with Gasteiger partial charge >= 0.3 is 5.97 Å². The molecule has 3 aliphatic rings. The number of fused-ring (bicyclic) bond motifs is 2. The highest BCUT2D eigenvalue weighted by Gasteiger charge is 2.49. The Morgan fingerprint density at radius 3 is 2.05 bits per heavy atom. The molecule has 19 heavy (non-hydrogen) atoms. The van der Waals surface area contributed by atoms with Gasteiger partial charge in [-0.2, -0.15) is 0 Å². The molecule has 0 aromatic heterocycles. The van der Waals surface area contributed by atoms with Gasteiger partial charge in [-0.3, -0.25) is 9.69 Å². The van der Waals surface area contributed by atoms with Crippen molar-refractivity contribution in [2.45, 2.75) is 65.5 Å². The third-order valence-corrected chi connectivity index (χ3v) is 4.50. The minimum absolute atomic E-state index is 0.0172. The van der Waals surface area contributed by atoms with Crippen LogP contribution in [0.5, 0.6) is 0 Å². The molecule has 3 atom stereocenters. The molecule has 2 heterocycles. The number of hydrogen-bond donors (Lipinski definition) is 0. The summed E-state index contributed by atoms with van der Waals surface area (Å²) >= 11 is 0. The molecular formula is C16H29NO2. The van der Waals surface area contributed by atoms with Crippen molar-refractivity contribution >= 4 is 5.97 Å². The lowest BCUT2D eigenvalue weighted by Gasteiger charge is -2.57. The average molecular weight is 267 g/mol. The van der Waals surface area contributed by atoms with E-state index in [1.165, 1.54) is 6.42 Å². The number of ether oxygens (including phenoxy) is 1. The van der Waals surface area contributed by atoms with Crippen molar-refractivity contribution in [3.8, 4) is 0 Å². The summed E-state index contributed by atoms with van der Waals surface area (Å²) in [7, 11) is 0. The Labute approximate surface area is 117 Å². The summed E-state index contributed by atoms with van der Waals surface area (Å²) < 4.78 is 5.45. The van der Waals surface area contributed by atoms with E-state index in [0.29, 0.717) is 24.2 Å². The first-order chi connectivity index (χ1) is 8.56. The summed E-state index contributed by atoms with van der Waals surface area (Å²) in [5.74, 6) is 1.95. The van der Waals surface area contributed by atoms with Crippen LogP contribution >= 0.6 is 0 Å². The van der Waals surface area contributed by atoms with Gasteiger partial charge in [-0.05, 0) is 65.7 Å². The zero-order valence-electron chi connectivity index (χ0n) is 13.3. The van der Waals surface area contributed by atoms with Crippen LogP contribution in [0.3, 0.4) is 0 Å². The Morgan fingerprint density at radius 1 is 1.11 bits per heavy atom. The fourth-order valence-electron chi connectivity index (χ4n) is 3.44. The van der Waals surface area contributed by atoms with Crippen molar-refractivity contribution in [1.82, 2.24) is 4.90 Å². The molecule has 110 valence electrons. The highest BCUT2D eigenvalue weighted by Crippen LogP contribution is 2.48. The monoisotopic (exact) mass is 267 g/mol. The van der Waals surface area contributed by atoms with Crippen molar-refractivity contribution in [3.63, 3.8) is 0 Å². The summed E-state index contributed by atoms with van der Waals surface area (Å²) in [6, 6.07) is 0. The molecule has 1 unspecified atom stereocenters. The molecule has 3 rings (SSSR count). The normalized spacial score (nSPS) is 31.8. The van der Waals surface area contributed by atoms with Crippen LogP contribution in [-0.2, 0) is 9.53 Å². The van der Waals surface area contributed by atoms with Gasteiger partial charge < -0.3 is 4.74 Å². The maximum absolute atomic E-state index is 11.9. The number of esters is 1. The van der Waals surface area contributed by atoms with Gasteiger partial charge in [-0.1, -0.05) is 0 Å². The van der Waals surface area contributed by atoms with Crippen LogP contribution in [-0.4, -0.2) is 35.1 Å². The van der Waals surface area contributed by atoms with Crippen molar-refractivity contribution in [1.29, 1.82) is 0 Å². The second-order valence-corrected chi connectivity index (χ2v) is 8.29. The quantitative estimate of drug-likeness (QED) is 0.720. The molecule has 3 heteroatoms. The van der Waals surface area contributed by atoms with Crippen LogP contribution in [0.2, 0.25) is 0 Å². The minimum atomic E-state index is -0.354. The van der Waals surface area contributed by atoms with Crippen molar-refractivity contribution < 1.29 is 9.53 Å². The molecule has 0 amide bonds. The molecule has 0 aromatic carbocycles. The van der Waals surface area contributed by atoms with E-state index in [4.69, 9.17) is 4.74 Å². The molecule has 0 N–H and O–H groups in total. The Hall–Kier alpha value is -0.570. The van der Waals surface area contributed by atoms with Gasteiger partial charge in [-0.25, -0.2) is 0 Å².